The number of benzene rings is 1. The first-order valence-corrected chi connectivity index (χ1v) is 6.71. The van der Waals surface area contributed by atoms with Gasteiger partial charge in [0.1, 0.15) is 11.9 Å². The molecule has 1 aliphatic rings. The van der Waals surface area contributed by atoms with Crippen molar-refractivity contribution < 1.29 is 14.2 Å². The highest BCUT2D eigenvalue weighted by molar-refractivity contribution is 5.19. The largest absolute Gasteiger partial charge is 0.386 e. The van der Waals surface area contributed by atoms with Gasteiger partial charge in [0.2, 0.25) is 0 Å². The lowest BCUT2D eigenvalue weighted by atomic mass is 9.89. The average molecular weight is 252 g/mol. The molecule has 3 unspecified atom stereocenters. The molecule has 3 atom stereocenters. The van der Waals surface area contributed by atoms with E-state index in [0.29, 0.717) is 11.5 Å². The summed E-state index contributed by atoms with van der Waals surface area (Å²) in [5.74, 6) is 0.319. The van der Waals surface area contributed by atoms with E-state index < -0.39 is 6.10 Å². The van der Waals surface area contributed by atoms with Gasteiger partial charge < -0.3 is 9.84 Å². The molecule has 100 valence electrons. The summed E-state index contributed by atoms with van der Waals surface area (Å²) in [6, 6.07) is 6.31. The van der Waals surface area contributed by atoms with E-state index in [0.717, 1.165) is 12.8 Å². The van der Waals surface area contributed by atoms with Crippen molar-refractivity contribution in [3.05, 3.63) is 35.6 Å². The maximum Gasteiger partial charge on any atom is 0.129 e. The summed E-state index contributed by atoms with van der Waals surface area (Å²) in [4.78, 5) is 0. The molecule has 1 aromatic rings. The lowest BCUT2D eigenvalue weighted by Gasteiger charge is -2.27. The molecule has 1 aromatic carbocycles. The van der Waals surface area contributed by atoms with Crippen molar-refractivity contribution in [2.24, 2.45) is 5.92 Å². The first-order valence-electron chi connectivity index (χ1n) is 6.71. The minimum atomic E-state index is -0.872. The Hall–Kier alpha value is -0.930. The van der Waals surface area contributed by atoms with Crippen LogP contribution in [0.4, 0.5) is 4.39 Å². The van der Waals surface area contributed by atoms with Gasteiger partial charge in [0.25, 0.3) is 0 Å². The lowest BCUT2D eigenvalue weighted by Crippen LogP contribution is -2.24. The van der Waals surface area contributed by atoms with E-state index in [1.54, 1.807) is 18.2 Å². The van der Waals surface area contributed by atoms with Gasteiger partial charge in [-0.2, -0.15) is 0 Å². The van der Waals surface area contributed by atoms with Gasteiger partial charge in [-0.25, -0.2) is 4.39 Å². The number of ether oxygens (including phenoxy) is 1. The zero-order valence-electron chi connectivity index (χ0n) is 10.8. The Morgan fingerprint density at radius 1 is 1.39 bits per heavy atom. The van der Waals surface area contributed by atoms with Gasteiger partial charge in [-0.1, -0.05) is 38.0 Å². The van der Waals surface area contributed by atoms with Crippen LogP contribution in [0.3, 0.4) is 0 Å². The van der Waals surface area contributed by atoms with E-state index in [2.05, 4.69) is 6.92 Å². The van der Waals surface area contributed by atoms with E-state index in [9.17, 15) is 9.50 Å². The third-order valence-electron chi connectivity index (χ3n) is 3.64. The number of aliphatic hydroxyl groups excluding tert-OH is 1. The van der Waals surface area contributed by atoms with Gasteiger partial charge in [-0.15, -0.1) is 0 Å². The number of halogens is 1. The molecule has 0 spiro atoms. The molecule has 3 heteroatoms. The molecule has 1 aliphatic carbocycles. The standard InChI is InChI=1S/C15H21FO2/c1-11-5-4-6-12(9-11)18-10-15(17)13-7-2-3-8-14(13)16/h2-3,7-8,11-12,15,17H,4-6,9-10H2,1H3. The van der Waals surface area contributed by atoms with Gasteiger partial charge >= 0.3 is 0 Å². The van der Waals surface area contributed by atoms with Crippen LogP contribution in [0.25, 0.3) is 0 Å². The van der Waals surface area contributed by atoms with Gasteiger partial charge in [-0.05, 0) is 24.8 Å². The van der Waals surface area contributed by atoms with Crippen LogP contribution < -0.4 is 0 Å². The molecule has 0 bridgehead atoms. The highest BCUT2D eigenvalue weighted by atomic mass is 19.1. The molecule has 0 saturated heterocycles. The molecule has 18 heavy (non-hydrogen) atoms. The molecule has 0 aliphatic heterocycles. The van der Waals surface area contributed by atoms with Gasteiger partial charge in [0, 0.05) is 5.56 Å². The van der Waals surface area contributed by atoms with Crippen LogP contribution in [-0.2, 0) is 4.74 Å². The van der Waals surface area contributed by atoms with Crippen molar-refractivity contribution in [3.8, 4) is 0 Å². The van der Waals surface area contributed by atoms with Crippen LogP contribution >= 0.6 is 0 Å². The average Bonchev–Trinajstić information content (AvgIpc) is 2.37. The first kappa shape index (κ1) is 13.5. The summed E-state index contributed by atoms with van der Waals surface area (Å²) in [7, 11) is 0. The first-order chi connectivity index (χ1) is 8.66. The number of hydrogen-bond donors (Lipinski definition) is 1. The predicted molar refractivity (Wildman–Crippen MR) is 68.7 cm³/mol. The molecule has 0 amide bonds. The lowest BCUT2D eigenvalue weighted by molar-refractivity contribution is -0.0330. The predicted octanol–water partition coefficient (Wildman–Crippen LogP) is 3.45. The third-order valence-corrected chi connectivity index (χ3v) is 3.64. The van der Waals surface area contributed by atoms with E-state index in [-0.39, 0.29) is 18.5 Å². The summed E-state index contributed by atoms with van der Waals surface area (Å²) >= 11 is 0. The summed E-state index contributed by atoms with van der Waals surface area (Å²) in [6.45, 7) is 2.40. The molecular formula is C15H21FO2. The second kappa shape index (κ2) is 6.30. The van der Waals surface area contributed by atoms with Crippen LogP contribution in [-0.4, -0.2) is 17.8 Å². The number of aliphatic hydroxyl groups is 1. The Morgan fingerprint density at radius 3 is 2.89 bits per heavy atom. The molecule has 2 nitrogen and oxygen atoms in total. The fraction of sp³-hybridized carbons (Fsp3) is 0.600. The fourth-order valence-electron chi connectivity index (χ4n) is 2.59. The minimum Gasteiger partial charge on any atom is -0.386 e. The molecule has 0 aromatic heterocycles. The maximum absolute atomic E-state index is 13.5. The van der Waals surface area contributed by atoms with Crippen LogP contribution in [0.2, 0.25) is 0 Å². The Balaban J connectivity index is 1.84. The van der Waals surface area contributed by atoms with Crippen molar-refractivity contribution in [2.75, 3.05) is 6.61 Å². The topological polar surface area (TPSA) is 29.5 Å². The summed E-state index contributed by atoms with van der Waals surface area (Å²) in [5, 5.41) is 9.93. The Bertz CT molecular complexity index is 381. The zero-order valence-corrected chi connectivity index (χ0v) is 10.8. The molecule has 1 fully saturated rings. The van der Waals surface area contributed by atoms with Crippen LogP contribution in [0.1, 0.15) is 44.3 Å². The second-order valence-corrected chi connectivity index (χ2v) is 5.26. The normalized spacial score (nSPS) is 25.9. The van der Waals surface area contributed by atoms with Crippen molar-refractivity contribution in [2.45, 2.75) is 44.8 Å². The molecule has 0 radical (unpaired) electrons. The van der Waals surface area contributed by atoms with E-state index in [1.165, 1.54) is 18.9 Å². The number of hydrogen-bond acceptors (Lipinski definition) is 2. The minimum absolute atomic E-state index is 0.179. The van der Waals surface area contributed by atoms with Gasteiger partial charge in [-0.3, -0.25) is 0 Å². The van der Waals surface area contributed by atoms with Gasteiger partial charge in [0.05, 0.1) is 12.7 Å². The zero-order chi connectivity index (χ0) is 13.0. The fourth-order valence-corrected chi connectivity index (χ4v) is 2.59. The smallest absolute Gasteiger partial charge is 0.129 e. The Morgan fingerprint density at radius 2 is 2.17 bits per heavy atom. The molecule has 1 saturated carbocycles. The molecule has 1 N–H and O–H groups in total. The van der Waals surface area contributed by atoms with E-state index >= 15 is 0 Å². The highest BCUT2D eigenvalue weighted by Gasteiger charge is 2.21. The molecule has 2 rings (SSSR count). The molecular weight excluding hydrogens is 231 g/mol. The summed E-state index contributed by atoms with van der Waals surface area (Å²) in [6.07, 6.45) is 3.88. The maximum atomic E-state index is 13.5. The quantitative estimate of drug-likeness (QED) is 0.889. The van der Waals surface area contributed by atoms with Crippen molar-refractivity contribution in [1.29, 1.82) is 0 Å². The second-order valence-electron chi connectivity index (χ2n) is 5.26. The molecule has 0 heterocycles. The monoisotopic (exact) mass is 252 g/mol. The van der Waals surface area contributed by atoms with Gasteiger partial charge in [0.15, 0.2) is 0 Å². The Labute approximate surface area is 108 Å². The summed E-state index contributed by atoms with van der Waals surface area (Å²) in [5.41, 5.74) is 0.321. The third kappa shape index (κ3) is 3.53. The summed E-state index contributed by atoms with van der Waals surface area (Å²) < 4.78 is 19.2. The van der Waals surface area contributed by atoms with Crippen LogP contribution in [0.15, 0.2) is 24.3 Å². The van der Waals surface area contributed by atoms with Crippen LogP contribution in [0, 0.1) is 11.7 Å². The Kier molecular flexibility index (Phi) is 4.72. The highest BCUT2D eigenvalue weighted by Crippen LogP contribution is 2.27. The van der Waals surface area contributed by atoms with Crippen molar-refractivity contribution in [3.63, 3.8) is 0 Å². The van der Waals surface area contributed by atoms with E-state index in [4.69, 9.17) is 4.74 Å². The SMILES string of the molecule is CC1CCCC(OCC(O)c2ccccc2F)C1. The number of rotatable bonds is 4. The van der Waals surface area contributed by atoms with Crippen molar-refractivity contribution >= 4 is 0 Å². The van der Waals surface area contributed by atoms with Crippen LogP contribution in [0.5, 0.6) is 0 Å². The van der Waals surface area contributed by atoms with Crippen molar-refractivity contribution in [1.82, 2.24) is 0 Å². The van der Waals surface area contributed by atoms with E-state index in [1.807, 2.05) is 0 Å².